The van der Waals surface area contributed by atoms with Crippen LogP contribution in [0.3, 0.4) is 0 Å². The number of nitrogens with zero attached hydrogens (tertiary/aromatic N) is 1. The molecule has 0 saturated carbocycles. The van der Waals surface area contributed by atoms with Gasteiger partial charge in [0.05, 0.1) is 18.4 Å². The molecule has 0 aliphatic heterocycles. The number of aryl methyl sites for hydroxylation is 1. The number of nitrogens with one attached hydrogen (secondary N) is 1. The van der Waals surface area contributed by atoms with Crippen LogP contribution in [0.1, 0.15) is 16.1 Å². The summed E-state index contributed by atoms with van der Waals surface area (Å²) in [6.07, 6.45) is 0. The first-order chi connectivity index (χ1) is 9.11. The first kappa shape index (κ1) is 12.9. The predicted octanol–water partition coefficient (Wildman–Crippen LogP) is 2.23. The number of ether oxygens (including phenoxy) is 1. The van der Waals surface area contributed by atoms with Crippen LogP contribution in [-0.2, 0) is 0 Å². The fraction of sp³-hybridized carbons (Fsp3) is 0.143. The molecule has 98 valence electrons. The Balaban J connectivity index is 2.25. The molecule has 2 rings (SSSR count). The molecule has 0 fully saturated rings. The van der Waals surface area contributed by atoms with Crippen molar-refractivity contribution in [1.29, 1.82) is 0 Å². The minimum atomic E-state index is -0.311. The molecule has 0 atom stereocenters. The van der Waals surface area contributed by atoms with Gasteiger partial charge in [0, 0.05) is 5.69 Å². The van der Waals surface area contributed by atoms with Crippen molar-refractivity contribution >= 4 is 17.4 Å². The molecule has 0 unspecified atom stereocenters. The Morgan fingerprint density at radius 3 is 2.68 bits per heavy atom. The summed E-state index contributed by atoms with van der Waals surface area (Å²) < 4.78 is 5.08. The highest BCUT2D eigenvalue weighted by molar-refractivity contribution is 6.08. The molecule has 5 nitrogen and oxygen atoms in total. The summed E-state index contributed by atoms with van der Waals surface area (Å²) in [5, 5.41) is 2.71. The second-order valence-electron chi connectivity index (χ2n) is 4.04. The lowest BCUT2D eigenvalue weighted by Crippen LogP contribution is -2.15. The summed E-state index contributed by atoms with van der Waals surface area (Å²) in [5.74, 6) is 0.659. The van der Waals surface area contributed by atoms with Gasteiger partial charge in [-0.3, -0.25) is 4.79 Å². The molecule has 1 aromatic heterocycles. The highest BCUT2D eigenvalue weighted by atomic mass is 16.5. The highest BCUT2D eigenvalue weighted by Gasteiger charge is 2.13. The van der Waals surface area contributed by atoms with E-state index in [1.165, 1.54) is 7.11 Å². The lowest BCUT2D eigenvalue weighted by atomic mass is 10.1. The molecule has 0 radical (unpaired) electrons. The van der Waals surface area contributed by atoms with Crippen molar-refractivity contribution in [3.05, 3.63) is 47.7 Å². The van der Waals surface area contributed by atoms with E-state index in [4.69, 9.17) is 10.5 Å². The Hall–Kier alpha value is -2.56. The summed E-state index contributed by atoms with van der Waals surface area (Å²) in [7, 11) is 1.51. The minimum absolute atomic E-state index is 0.311. The fourth-order valence-electron chi connectivity index (χ4n) is 1.72. The molecule has 0 spiro atoms. The van der Waals surface area contributed by atoms with E-state index >= 15 is 0 Å². The van der Waals surface area contributed by atoms with Gasteiger partial charge >= 0.3 is 0 Å². The number of benzene rings is 1. The number of para-hydroxylation sites is 1. The quantitative estimate of drug-likeness (QED) is 0.827. The van der Waals surface area contributed by atoms with Crippen LogP contribution in [0.25, 0.3) is 0 Å². The van der Waals surface area contributed by atoms with Crippen molar-refractivity contribution in [1.82, 2.24) is 4.98 Å². The number of anilines is 2. The molecular weight excluding hydrogens is 242 g/mol. The molecule has 1 aromatic carbocycles. The number of carbonyl (C=O) groups excluding carboxylic acids is 1. The maximum Gasteiger partial charge on any atom is 0.259 e. The van der Waals surface area contributed by atoms with Crippen LogP contribution in [0.5, 0.6) is 5.75 Å². The number of nitrogen functional groups attached to an aromatic ring is 1. The van der Waals surface area contributed by atoms with Gasteiger partial charge in [0.25, 0.3) is 5.91 Å². The summed E-state index contributed by atoms with van der Waals surface area (Å²) in [5.41, 5.74) is 7.38. The molecule has 0 bridgehead atoms. The maximum absolute atomic E-state index is 12.1. The summed E-state index contributed by atoms with van der Waals surface area (Å²) in [6, 6.07) is 10.5. The Morgan fingerprint density at radius 1 is 1.26 bits per heavy atom. The van der Waals surface area contributed by atoms with Gasteiger partial charge in [-0.1, -0.05) is 12.1 Å². The van der Waals surface area contributed by atoms with E-state index < -0.39 is 0 Å². The van der Waals surface area contributed by atoms with Gasteiger partial charge in [-0.2, -0.15) is 0 Å². The second-order valence-corrected chi connectivity index (χ2v) is 4.04. The maximum atomic E-state index is 12.1. The Labute approximate surface area is 111 Å². The lowest BCUT2D eigenvalue weighted by Gasteiger charge is -2.10. The Morgan fingerprint density at radius 2 is 2.00 bits per heavy atom. The zero-order valence-electron chi connectivity index (χ0n) is 10.8. The van der Waals surface area contributed by atoms with Crippen LogP contribution in [0, 0.1) is 6.92 Å². The third-order valence-electron chi connectivity index (χ3n) is 2.66. The zero-order chi connectivity index (χ0) is 13.8. The summed E-state index contributed by atoms with van der Waals surface area (Å²) >= 11 is 0. The average Bonchev–Trinajstić information content (AvgIpc) is 2.39. The molecule has 2 aromatic rings. The van der Waals surface area contributed by atoms with E-state index in [1.54, 1.807) is 24.3 Å². The van der Waals surface area contributed by atoms with Crippen LogP contribution in [0.15, 0.2) is 36.4 Å². The third kappa shape index (κ3) is 2.82. The smallest absolute Gasteiger partial charge is 0.259 e. The van der Waals surface area contributed by atoms with E-state index in [9.17, 15) is 4.79 Å². The summed E-state index contributed by atoms with van der Waals surface area (Å²) in [6.45, 7) is 1.86. The van der Waals surface area contributed by atoms with E-state index in [0.29, 0.717) is 22.8 Å². The average molecular weight is 257 g/mol. The number of amides is 1. The van der Waals surface area contributed by atoms with Gasteiger partial charge in [-0.15, -0.1) is 0 Å². The standard InChI is InChI=1S/C14H15N3O2/c1-9-5-3-8-12(16-9)17-14(18)10-6-4-7-11(19-2)13(10)15/h3-8H,15H2,1-2H3,(H,16,17,18). The molecule has 1 heterocycles. The van der Waals surface area contributed by atoms with Crippen molar-refractivity contribution in [2.75, 3.05) is 18.2 Å². The minimum Gasteiger partial charge on any atom is -0.495 e. The van der Waals surface area contributed by atoms with Gasteiger partial charge in [0.2, 0.25) is 0 Å². The van der Waals surface area contributed by atoms with Crippen molar-refractivity contribution in [2.45, 2.75) is 6.92 Å². The SMILES string of the molecule is COc1cccc(C(=O)Nc2cccc(C)n2)c1N. The van der Waals surface area contributed by atoms with E-state index in [2.05, 4.69) is 10.3 Å². The Kier molecular flexibility index (Phi) is 3.66. The number of pyridine rings is 1. The molecule has 0 saturated heterocycles. The normalized spacial score (nSPS) is 10.0. The van der Waals surface area contributed by atoms with Gasteiger partial charge < -0.3 is 15.8 Å². The fourth-order valence-corrected chi connectivity index (χ4v) is 1.72. The van der Waals surface area contributed by atoms with E-state index in [1.807, 2.05) is 19.1 Å². The number of methoxy groups -OCH3 is 1. The van der Waals surface area contributed by atoms with Gasteiger partial charge in [-0.05, 0) is 31.2 Å². The number of hydrogen-bond acceptors (Lipinski definition) is 4. The number of hydrogen-bond donors (Lipinski definition) is 2. The van der Waals surface area contributed by atoms with Crippen LogP contribution >= 0.6 is 0 Å². The Bertz CT molecular complexity index is 611. The van der Waals surface area contributed by atoms with Gasteiger partial charge in [-0.25, -0.2) is 4.98 Å². The first-order valence-corrected chi connectivity index (χ1v) is 5.79. The van der Waals surface area contributed by atoms with E-state index in [0.717, 1.165) is 5.69 Å². The van der Waals surface area contributed by atoms with Crippen molar-refractivity contribution in [3.63, 3.8) is 0 Å². The molecular formula is C14H15N3O2. The molecule has 5 heteroatoms. The van der Waals surface area contributed by atoms with Crippen molar-refractivity contribution in [3.8, 4) is 5.75 Å². The van der Waals surface area contributed by atoms with Crippen LogP contribution in [-0.4, -0.2) is 18.0 Å². The third-order valence-corrected chi connectivity index (χ3v) is 2.66. The monoisotopic (exact) mass is 257 g/mol. The van der Waals surface area contributed by atoms with Crippen LogP contribution in [0.4, 0.5) is 11.5 Å². The van der Waals surface area contributed by atoms with Gasteiger partial charge in [0.1, 0.15) is 11.6 Å². The second kappa shape index (κ2) is 5.39. The van der Waals surface area contributed by atoms with Crippen molar-refractivity contribution < 1.29 is 9.53 Å². The molecule has 0 aliphatic carbocycles. The molecule has 3 N–H and O–H groups in total. The van der Waals surface area contributed by atoms with Crippen LogP contribution in [0.2, 0.25) is 0 Å². The lowest BCUT2D eigenvalue weighted by molar-refractivity contribution is 0.102. The number of rotatable bonds is 3. The van der Waals surface area contributed by atoms with Crippen molar-refractivity contribution in [2.24, 2.45) is 0 Å². The number of carbonyl (C=O) groups is 1. The number of aromatic nitrogens is 1. The first-order valence-electron chi connectivity index (χ1n) is 5.79. The molecule has 0 aliphatic rings. The zero-order valence-corrected chi connectivity index (χ0v) is 10.8. The highest BCUT2D eigenvalue weighted by Crippen LogP contribution is 2.25. The van der Waals surface area contributed by atoms with Crippen LogP contribution < -0.4 is 15.8 Å². The van der Waals surface area contributed by atoms with E-state index in [-0.39, 0.29) is 5.91 Å². The topological polar surface area (TPSA) is 77.2 Å². The molecule has 1 amide bonds. The van der Waals surface area contributed by atoms with Gasteiger partial charge in [0.15, 0.2) is 0 Å². The largest absolute Gasteiger partial charge is 0.495 e. The summed E-state index contributed by atoms with van der Waals surface area (Å²) in [4.78, 5) is 16.3. The number of nitrogens with two attached hydrogens (primary N) is 1. The predicted molar refractivity (Wildman–Crippen MR) is 74.3 cm³/mol. The molecule has 19 heavy (non-hydrogen) atoms.